The number of hydrogen-bond donors (Lipinski definition) is 1. The van der Waals surface area contributed by atoms with Gasteiger partial charge in [-0.15, -0.1) is 10.2 Å². The van der Waals surface area contributed by atoms with Crippen molar-refractivity contribution in [2.75, 3.05) is 19.8 Å². The van der Waals surface area contributed by atoms with Crippen LogP contribution in [0.5, 0.6) is 0 Å². The lowest BCUT2D eigenvalue weighted by atomic mass is 10.0. The number of ether oxygens (including phenoxy) is 1. The van der Waals surface area contributed by atoms with Crippen molar-refractivity contribution in [1.82, 2.24) is 24.9 Å². The number of aromatic nitrogens is 4. The average molecular weight is 233 g/mol. The number of nitrogens with zero attached hydrogens (tertiary/aromatic N) is 4. The van der Waals surface area contributed by atoms with Crippen molar-refractivity contribution in [3.63, 3.8) is 0 Å². The molecule has 3 rings (SSSR count). The summed E-state index contributed by atoms with van der Waals surface area (Å²) in [7, 11) is 0. The molecule has 1 aliphatic heterocycles. The summed E-state index contributed by atoms with van der Waals surface area (Å²) < 4.78 is 7.52. The van der Waals surface area contributed by atoms with E-state index in [-0.39, 0.29) is 5.92 Å². The zero-order valence-corrected chi connectivity index (χ0v) is 9.71. The maximum absolute atomic E-state index is 5.54. The normalized spacial score (nSPS) is 24.5. The van der Waals surface area contributed by atoms with Crippen LogP contribution in [0, 0.1) is 0 Å². The van der Waals surface area contributed by atoms with Crippen LogP contribution >= 0.6 is 0 Å². The van der Waals surface area contributed by atoms with Crippen LogP contribution in [0.15, 0.2) is 18.6 Å². The van der Waals surface area contributed by atoms with E-state index in [2.05, 4.69) is 27.4 Å². The van der Waals surface area contributed by atoms with Crippen molar-refractivity contribution in [2.24, 2.45) is 0 Å². The summed E-state index contributed by atoms with van der Waals surface area (Å²) in [6.45, 7) is 4.46. The topological polar surface area (TPSA) is 64.3 Å². The third kappa shape index (κ3) is 1.79. The summed E-state index contributed by atoms with van der Waals surface area (Å²) in [5, 5.41) is 11.8. The molecule has 1 fully saturated rings. The molecular weight excluding hydrogens is 218 g/mol. The van der Waals surface area contributed by atoms with Gasteiger partial charge in [-0.25, -0.2) is 0 Å². The summed E-state index contributed by atoms with van der Waals surface area (Å²) in [6.07, 6.45) is 5.36. The van der Waals surface area contributed by atoms with Gasteiger partial charge in [0.05, 0.1) is 25.3 Å². The van der Waals surface area contributed by atoms with Gasteiger partial charge in [-0.3, -0.25) is 9.38 Å². The van der Waals surface area contributed by atoms with Crippen molar-refractivity contribution in [3.05, 3.63) is 24.4 Å². The Kier molecular flexibility index (Phi) is 2.74. The Morgan fingerprint density at radius 3 is 3.29 bits per heavy atom. The maximum atomic E-state index is 5.54. The van der Waals surface area contributed by atoms with E-state index in [0.29, 0.717) is 12.6 Å². The lowest BCUT2D eigenvalue weighted by Crippen LogP contribution is -2.34. The summed E-state index contributed by atoms with van der Waals surface area (Å²) in [4.78, 5) is 4.04. The van der Waals surface area contributed by atoms with Crippen molar-refractivity contribution >= 4 is 5.65 Å². The standard InChI is InChI=1S/C11H15N5O/c1-2-13-9-7-17-6-8(9)11-15-14-10-5-12-3-4-16(10)11/h3-5,8-9,13H,2,6-7H2,1H3. The minimum Gasteiger partial charge on any atom is -0.379 e. The van der Waals surface area contributed by atoms with E-state index >= 15 is 0 Å². The van der Waals surface area contributed by atoms with Crippen LogP contribution in [0.1, 0.15) is 18.7 Å². The molecule has 0 aromatic carbocycles. The molecule has 0 aliphatic carbocycles. The van der Waals surface area contributed by atoms with Gasteiger partial charge in [0.15, 0.2) is 5.65 Å². The molecule has 0 spiro atoms. The van der Waals surface area contributed by atoms with Crippen LogP contribution < -0.4 is 5.32 Å². The molecule has 0 amide bonds. The molecular formula is C11H15N5O. The largest absolute Gasteiger partial charge is 0.379 e. The smallest absolute Gasteiger partial charge is 0.179 e. The first-order valence-corrected chi connectivity index (χ1v) is 5.86. The first kappa shape index (κ1) is 10.6. The molecule has 2 aromatic heterocycles. The second-order valence-electron chi connectivity index (χ2n) is 4.17. The molecule has 17 heavy (non-hydrogen) atoms. The van der Waals surface area contributed by atoms with E-state index in [1.165, 1.54) is 0 Å². The summed E-state index contributed by atoms with van der Waals surface area (Å²) >= 11 is 0. The predicted molar refractivity (Wildman–Crippen MR) is 61.8 cm³/mol. The van der Waals surface area contributed by atoms with Crippen LogP contribution in [0.3, 0.4) is 0 Å². The summed E-state index contributed by atoms with van der Waals surface area (Å²) in [6, 6.07) is 0.320. The Labute approximate surface area is 99.0 Å². The van der Waals surface area contributed by atoms with E-state index in [9.17, 15) is 0 Å². The molecule has 6 heteroatoms. The predicted octanol–water partition coefficient (Wildman–Crippen LogP) is 0.216. The Morgan fingerprint density at radius 1 is 1.47 bits per heavy atom. The maximum Gasteiger partial charge on any atom is 0.179 e. The van der Waals surface area contributed by atoms with E-state index < -0.39 is 0 Å². The van der Waals surface area contributed by atoms with E-state index in [0.717, 1.165) is 24.6 Å². The highest BCUT2D eigenvalue weighted by molar-refractivity contribution is 5.34. The fourth-order valence-electron chi connectivity index (χ4n) is 2.30. The molecule has 90 valence electrons. The zero-order valence-electron chi connectivity index (χ0n) is 9.71. The van der Waals surface area contributed by atoms with Gasteiger partial charge in [-0.2, -0.15) is 0 Å². The lowest BCUT2D eigenvalue weighted by Gasteiger charge is -2.16. The van der Waals surface area contributed by atoms with E-state index in [1.54, 1.807) is 12.4 Å². The van der Waals surface area contributed by atoms with Gasteiger partial charge in [-0.05, 0) is 6.54 Å². The van der Waals surface area contributed by atoms with Gasteiger partial charge < -0.3 is 10.1 Å². The monoisotopic (exact) mass is 233 g/mol. The van der Waals surface area contributed by atoms with Crippen LogP contribution in [0.2, 0.25) is 0 Å². The third-order valence-electron chi connectivity index (χ3n) is 3.12. The summed E-state index contributed by atoms with van der Waals surface area (Å²) in [5.74, 6) is 1.21. The fraction of sp³-hybridized carbons (Fsp3) is 0.545. The van der Waals surface area contributed by atoms with Crippen LogP contribution in [-0.4, -0.2) is 45.4 Å². The fourth-order valence-corrected chi connectivity index (χ4v) is 2.30. The molecule has 1 N–H and O–H groups in total. The molecule has 0 radical (unpaired) electrons. The summed E-state index contributed by atoms with van der Waals surface area (Å²) in [5.41, 5.74) is 0.782. The molecule has 1 saturated heterocycles. The van der Waals surface area contributed by atoms with Gasteiger partial charge in [0.1, 0.15) is 5.82 Å². The van der Waals surface area contributed by atoms with Crippen LogP contribution in [0.25, 0.3) is 5.65 Å². The Bertz CT molecular complexity index is 511. The number of likely N-dealkylation sites (N-methyl/N-ethyl adjacent to an activating group) is 1. The van der Waals surface area contributed by atoms with Gasteiger partial charge in [0.25, 0.3) is 0 Å². The third-order valence-corrected chi connectivity index (χ3v) is 3.12. The highest BCUT2D eigenvalue weighted by atomic mass is 16.5. The van der Waals surface area contributed by atoms with E-state index in [1.807, 2.05) is 10.6 Å². The SMILES string of the molecule is CCNC1COCC1c1nnc2cnccn12. The van der Waals surface area contributed by atoms with Crippen molar-refractivity contribution in [3.8, 4) is 0 Å². The van der Waals surface area contributed by atoms with Crippen molar-refractivity contribution < 1.29 is 4.74 Å². The van der Waals surface area contributed by atoms with E-state index in [4.69, 9.17) is 4.74 Å². The first-order chi connectivity index (χ1) is 8.40. The Morgan fingerprint density at radius 2 is 2.41 bits per heavy atom. The minimum atomic E-state index is 0.257. The van der Waals surface area contributed by atoms with Gasteiger partial charge >= 0.3 is 0 Å². The van der Waals surface area contributed by atoms with Crippen LogP contribution in [-0.2, 0) is 4.74 Å². The number of hydrogen-bond acceptors (Lipinski definition) is 5. The second-order valence-corrected chi connectivity index (χ2v) is 4.17. The molecule has 2 unspecified atom stereocenters. The number of fused-ring (bicyclic) bond motifs is 1. The number of rotatable bonds is 3. The lowest BCUT2D eigenvalue weighted by molar-refractivity contribution is 0.187. The van der Waals surface area contributed by atoms with Crippen molar-refractivity contribution in [2.45, 2.75) is 18.9 Å². The Balaban J connectivity index is 1.97. The van der Waals surface area contributed by atoms with Crippen LogP contribution in [0.4, 0.5) is 0 Å². The first-order valence-electron chi connectivity index (χ1n) is 5.86. The van der Waals surface area contributed by atoms with Crippen molar-refractivity contribution in [1.29, 1.82) is 0 Å². The zero-order chi connectivity index (χ0) is 11.7. The van der Waals surface area contributed by atoms with Gasteiger partial charge in [-0.1, -0.05) is 6.92 Å². The Hall–Kier alpha value is -1.53. The molecule has 2 atom stereocenters. The van der Waals surface area contributed by atoms with Gasteiger partial charge in [0.2, 0.25) is 0 Å². The highest BCUT2D eigenvalue weighted by Gasteiger charge is 2.32. The molecule has 1 aliphatic rings. The molecule has 0 bridgehead atoms. The number of nitrogens with one attached hydrogen (secondary N) is 1. The average Bonchev–Trinajstić information content (AvgIpc) is 2.95. The highest BCUT2D eigenvalue weighted by Crippen LogP contribution is 2.24. The molecule has 2 aromatic rings. The minimum absolute atomic E-state index is 0.257. The molecule has 0 saturated carbocycles. The molecule has 6 nitrogen and oxygen atoms in total. The quantitative estimate of drug-likeness (QED) is 0.821. The second kappa shape index (κ2) is 4.38. The molecule has 3 heterocycles. The van der Waals surface area contributed by atoms with Gasteiger partial charge in [0, 0.05) is 18.4 Å².